The van der Waals surface area contributed by atoms with Gasteiger partial charge >= 0.3 is 0 Å². The molecule has 106 valence electrons. The SMILES string of the molecule is CNc1ncnc(N(C)C2CCC(C)(C)CC2)c1Br. The highest BCUT2D eigenvalue weighted by molar-refractivity contribution is 9.10. The second kappa shape index (κ2) is 5.65. The normalized spacial score (nSPS) is 19.2. The standard InChI is InChI=1S/C14H23BrN4/c1-14(2)7-5-10(6-8-14)19(4)13-11(15)12(16-3)17-9-18-13/h9-10H,5-8H2,1-4H3,(H,16,17,18). The number of hydrogen-bond donors (Lipinski definition) is 1. The first-order valence-electron chi connectivity index (χ1n) is 6.86. The zero-order chi connectivity index (χ0) is 14.0. The number of nitrogens with zero attached hydrogens (tertiary/aromatic N) is 3. The van der Waals surface area contributed by atoms with Crippen LogP contribution in [-0.2, 0) is 0 Å². The molecule has 0 aromatic carbocycles. The van der Waals surface area contributed by atoms with Crippen LogP contribution in [0.5, 0.6) is 0 Å². The summed E-state index contributed by atoms with van der Waals surface area (Å²) < 4.78 is 0.949. The summed E-state index contributed by atoms with van der Waals surface area (Å²) in [6, 6.07) is 0.573. The van der Waals surface area contributed by atoms with Gasteiger partial charge in [0.2, 0.25) is 0 Å². The number of rotatable bonds is 3. The lowest BCUT2D eigenvalue weighted by Crippen LogP contribution is -2.37. The van der Waals surface area contributed by atoms with Gasteiger partial charge in [0.05, 0.1) is 0 Å². The summed E-state index contributed by atoms with van der Waals surface area (Å²) in [5, 5.41) is 3.08. The highest BCUT2D eigenvalue weighted by Crippen LogP contribution is 2.39. The second-order valence-electron chi connectivity index (χ2n) is 6.12. The predicted molar refractivity (Wildman–Crippen MR) is 83.7 cm³/mol. The van der Waals surface area contributed by atoms with E-state index in [0.717, 1.165) is 16.1 Å². The van der Waals surface area contributed by atoms with E-state index in [-0.39, 0.29) is 0 Å². The fourth-order valence-electron chi connectivity index (χ4n) is 2.73. The molecule has 0 bridgehead atoms. The van der Waals surface area contributed by atoms with Crippen LogP contribution in [0.25, 0.3) is 0 Å². The summed E-state index contributed by atoms with van der Waals surface area (Å²) in [6.45, 7) is 4.73. The van der Waals surface area contributed by atoms with E-state index in [2.05, 4.69) is 57.0 Å². The van der Waals surface area contributed by atoms with Crippen LogP contribution in [0, 0.1) is 5.41 Å². The summed E-state index contributed by atoms with van der Waals surface area (Å²) in [5.41, 5.74) is 0.496. The molecular formula is C14H23BrN4. The number of halogens is 1. The van der Waals surface area contributed by atoms with E-state index in [9.17, 15) is 0 Å². The molecule has 0 amide bonds. The minimum absolute atomic E-state index is 0.496. The molecular weight excluding hydrogens is 304 g/mol. The van der Waals surface area contributed by atoms with Crippen molar-refractivity contribution in [3.05, 3.63) is 10.8 Å². The van der Waals surface area contributed by atoms with Crippen LogP contribution in [-0.4, -0.2) is 30.1 Å². The van der Waals surface area contributed by atoms with Gasteiger partial charge in [-0.1, -0.05) is 13.8 Å². The van der Waals surface area contributed by atoms with Crippen molar-refractivity contribution >= 4 is 27.6 Å². The smallest absolute Gasteiger partial charge is 0.148 e. The average Bonchev–Trinajstić information content (AvgIpc) is 2.38. The van der Waals surface area contributed by atoms with Gasteiger partial charge in [-0.25, -0.2) is 9.97 Å². The molecule has 4 nitrogen and oxygen atoms in total. The molecule has 5 heteroatoms. The van der Waals surface area contributed by atoms with Gasteiger partial charge in [-0.15, -0.1) is 0 Å². The van der Waals surface area contributed by atoms with Crippen molar-refractivity contribution in [2.45, 2.75) is 45.6 Å². The van der Waals surface area contributed by atoms with E-state index < -0.39 is 0 Å². The quantitative estimate of drug-likeness (QED) is 0.919. The molecule has 1 saturated carbocycles. The first-order valence-corrected chi connectivity index (χ1v) is 7.65. The van der Waals surface area contributed by atoms with Crippen molar-refractivity contribution in [2.24, 2.45) is 5.41 Å². The molecule has 0 unspecified atom stereocenters. The van der Waals surface area contributed by atoms with Crippen molar-refractivity contribution in [2.75, 3.05) is 24.3 Å². The molecule has 0 atom stereocenters. The highest BCUT2D eigenvalue weighted by atomic mass is 79.9. The lowest BCUT2D eigenvalue weighted by Gasteiger charge is -2.39. The fraction of sp³-hybridized carbons (Fsp3) is 0.714. The summed E-state index contributed by atoms with van der Waals surface area (Å²) >= 11 is 3.60. The third-order valence-corrected chi connectivity index (χ3v) is 4.93. The maximum atomic E-state index is 4.43. The molecule has 0 radical (unpaired) electrons. The molecule has 1 aliphatic carbocycles. The summed E-state index contributed by atoms with van der Waals surface area (Å²) in [7, 11) is 4.01. The van der Waals surface area contributed by atoms with Gasteiger partial charge in [0.25, 0.3) is 0 Å². The Hall–Kier alpha value is -0.840. The van der Waals surface area contributed by atoms with Crippen molar-refractivity contribution in [3.8, 4) is 0 Å². The third-order valence-electron chi connectivity index (χ3n) is 4.20. The molecule has 1 aromatic heterocycles. The van der Waals surface area contributed by atoms with E-state index in [1.165, 1.54) is 25.7 Å². The molecule has 1 heterocycles. The largest absolute Gasteiger partial charge is 0.372 e. The molecule has 2 rings (SSSR count). The van der Waals surface area contributed by atoms with Crippen LogP contribution in [0.3, 0.4) is 0 Å². The molecule has 1 aliphatic rings. The van der Waals surface area contributed by atoms with Gasteiger partial charge in [0, 0.05) is 20.1 Å². The molecule has 0 spiro atoms. The van der Waals surface area contributed by atoms with E-state index in [1.807, 2.05) is 7.05 Å². The van der Waals surface area contributed by atoms with Crippen LogP contribution in [0.1, 0.15) is 39.5 Å². The zero-order valence-electron chi connectivity index (χ0n) is 12.2. The average molecular weight is 327 g/mol. The number of hydrogen-bond acceptors (Lipinski definition) is 4. The van der Waals surface area contributed by atoms with Gasteiger partial charge in [0.15, 0.2) is 0 Å². The number of aromatic nitrogens is 2. The van der Waals surface area contributed by atoms with Crippen molar-refractivity contribution in [3.63, 3.8) is 0 Å². The Morgan fingerprint density at radius 2 is 1.95 bits per heavy atom. The van der Waals surface area contributed by atoms with E-state index in [1.54, 1.807) is 6.33 Å². The first kappa shape index (κ1) is 14.6. The van der Waals surface area contributed by atoms with Crippen LogP contribution < -0.4 is 10.2 Å². The van der Waals surface area contributed by atoms with Gasteiger partial charge in [-0.3, -0.25) is 0 Å². The maximum absolute atomic E-state index is 4.43. The van der Waals surface area contributed by atoms with Gasteiger partial charge in [0.1, 0.15) is 22.4 Å². The highest BCUT2D eigenvalue weighted by Gasteiger charge is 2.30. The van der Waals surface area contributed by atoms with E-state index in [4.69, 9.17) is 0 Å². The number of nitrogens with one attached hydrogen (secondary N) is 1. The minimum Gasteiger partial charge on any atom is -0.372 e. The summed E-state index contributed by atoms with van der Waals surface area (Å²) in [6.07, 6.45) is 6.64. The number of anilines is 2. The molecule has 0 saturated heterocycles. The molecule has 1 N–H and O–H groups in total. The van der Waals surface area contributed by atoms with Crippen molar-refractivity contribution < 1.29 is 0 Å². The Morgan fingerprint density at radius 1 is 1.32 bits per heavy atom. The lowest BCUT2D eigenvalue weighted by atomic mass is 9.75. The van der Waals surface area contributed by atoms with Crippen LogP contribution in [0.15, 0.2) is 10.8 Å². The molecule has 19 heavy (non-hydrogen) atoms. The Labute approximate surface area is 124 Å². The van der Waals surface area contributed by atoms with Crippen LogP contribution in [0.2, 0.25) is 0 Å². The summed E-state index contributed by atoms with van der Waals surface area (Å²) in [4.78, 5) is 10.9. The molecule has 1 aromatic rings. The fourth-order valence-corrected chi connectivity index (χ4v) is 3.41. The lowest BCUT2D eigenvalue weighted by molar-refractivity contribution is 0.222. The zero-order valence-corrected chi connectivity index (χ0v) is 13.8. The minimum atomic E-state index is 0.496. The topological polar surface area (TPSA) is 41.1 Å². The van der Waals surface area contributed by atoms with Gasteiger partial charge < -0.3 is 10.2 Å². The van der Waals surface area contributed by atoms with Crippen molar-refractivity contribution in [1.82, 2.24) is 9.97 Å². The Bertz CT molecular complexity index is 437. The van der Waals surface area contributed by atoms with Gasteiger partial charge in [-0.05, 0) is 47.0 Å². The third kappa shape index (κ3) is 3.19. The van der Waals surface area contributed by atoms with E-state index in [0.29, 0.717) is 11.5 Å². The monoisotopic (exact) mass is 326 g/mol. The Kier molecular flexibility index (Phi) is 4.33. The van der Waals surface area contributed by atoms with Crippen molar-refractivity contribution in [1.29, 1.82) is 0 Å². The van der Waals surface area contributed by atoms with Gasteiger partial charge in [-0.2, -0.15) is 0 Å². The maximum Gasteiger partial charge on any atom is 0.148 e. The predicted octanol–water partition coefficient (Wildman–Crippen LogP) is 3.69. The Balaban J connectivity index is 2.14. The molecule has 1 fully saturated rings. The first-order chi connectivity index (χ1) is 8.94. The molecule has 0 aliphatic heterocycles. The Morgan fingerprint density at radius 3 is 2.53 bits per heavy atom. The summed E-state index contributed by atoms with van der Waals surface area (Å²) in [5.74, 6) is 1.82. The second-order valence-corrected chi connectivity index (χ2v) is 6.91. The van der Waals surface area contributed by atoms with E-state index >= 15 is 0 Å². The van der Waals surface area contributed by atoms with Crippen LogP contribution in [0.4, 0.5) is 11.6 Å². The van der Waals surface area contributed by atoms with Crippen LogP contribution >= 0.6 is 15.9 Å².